The van der Waals surface area contributed by atoms with Gasteiger partial charge in [0.1, 0.15) is 0 Å². The highest BCUT2D eigenvalue weighted by atomic mass is 16.5. The van der Waals surface area contributed by atoms with Gasteiger partial charge in [0.15, 0.2) is 11.5 Å². The first-order valence-corrected chi connectivity index (χ1v) is 6.83. The minimum absolute atomic E-state index is 0.184. The molecular formula is C15H21NO4. The molecule has 5 heteroatoms. The Hall–Kier alpha value is -1.75. The second kappa shape index (κ2) is 6.61. The van der Waals surface area contributed by atoms with Gasteiger partial charge in [-0.1, -0.05) is 6.07 Å². The van der Waals surface area contributed by atoms with Crippen LogP contribution in [0, 0.1) is 0 Å². The summed E-state index contributed by atoms with van der Waals surface area (Å²) in [6, 6.07) is 6.20. The Morgan fingerprint density at radius 1 is 1.35 bits per heavy atom. The van der Waals surface area contributed by atoms with Crippen LogP contribution in [-0.2, 0) is 4.79 Å². The van der Waals surface area contributed by atoms with Crippen LogP contribution in [0.25, 0.3) is 0 Å². The van der Waals surface area contributed by atoms with Crippen molar-refractivity contribution < 1.29 is 19.4 Å². The van der Waals surface area contributed by atoms with Crippen LogP contribution < -0.4 is 9.47 Å². The molecule has 5 nitrogen and oxygen atoms in total. The van der Waals surface area contributed by atoms with E-state index in [2.05, 4.69) is 4.90 Å². The smallest absolute Gasteiger partial charge is 0.304 e. The largest absolute Gasteiger partial charge is 0.493 e. The molecule has 1 fully saturated rings. The predicted molar refractivity (Wildman–Crippen MR) is 75.3 cm³/mol. The summed E-state index contributed by atoms with van der Waals surface area (Å²) in [5, 5.41) is 8.82. The maximum absolute atomic E-state index is 10.7. The summed E-state index contributed by atoms with van der Waals surface area (Å²) >= 11 is 0. The highest BCUT2D eigenvalue weighted by Gasteiger charge is 2.26. The molecule has 1 N–H and O–H groups in total. The number of aliphatic carboxylic acids is 1. The average molecular weight is 279 g/mol. The van der Waals surface area contributed by atoms with Crippen molar-refractivity contribution in [2.45, 2.75) is 25.3 Å². The molecule has 0 aromatic heterocycles. The molecule has 1 aromatic rings. The highest BCUT2D eigenvalue weighted by molar-refractivity contribution is 5.66. The Morgan fingerprint density at radius 2 is 2.10 bits per heavy atom. The van der Waals surface area contributed by atoms with Crippen LogP contribution in [0.15, 0.2) is 18.2 Å². The van der Waals surface area contributed by atoms with E-state index in [1.807, 2.05) is 18.2 Å². The molecule has 1 aliphatic rings. The van der Waals surface area contributed by atoms with Crippen LogP contribution in [0.1, 0.15) is 30.9 Å². The van der Waals surface area contributed by atoms with Crippen LogP contribution in [0.5, 0.6) is 11.5 Å². The monoisotopic (exact) mass is 279 g/mol. The second-order valence-electron chi connectivity index (χ2n) is 4.95. The fraction of sp³-hybridized carbons (Fsp3) is 0.533. The van der Waals surface area contributed by atoms with E-state index in [1.54, 1.807) is 14.2 Å². The third-order valence-electron chi connectivity index (χ3n) is 3.77. The SMILES string of the molecule is COc1ccc([C@@H]2CCCN2CCC(=O)O)cc1OC. The molecule has 1 saturated heterocycles. The second-order valence-corrected chi connectivity index (χ2v) is 4.95. The fourth-order valence-corrected chi connectivity index (χ4v) is 2.77. The Kier molecular flexibility index (Phi) is 4.84. The molecule has 0 saturated carbocycles. The molecule has 0 amide bonds. The first-order chi connectivity index (χ1) is 9.65. The van der Waals surface area contributed by atoms with Gasteiger partial charge in [-0.3, -0.25) is 9.69 Å². The van der Waals surface area contributed by atoms with Crippen molar-refractivity contribution >= 4 is 5.97 Å². The van der Waals surface area contributed by atoms with Crippen molar-refractivity contribution in [2.24, 2.45) is 0 Å². The Labute approximate surface area is 119 Å². The zero-order chi connectivity index (χ0) is 14.5. The van der Waals surface area contributed by atoms with E-state index in [1.165, 1.54) is 0 Å². The van der Waals surface area contributed by atoms with Crippen LogP contribution in [0.4, 0.5) is 0 Å². The van der Waals surface area contributed by atoms with Crippen molar-refractivity contribution in [3.8, 4) is 11.5 Å². The number of rotatable bonds is 6. The first-order valence-electron chi connectivity index (χ1n) is 6.83. The van der Waals surface area contributed by atoms with E-state index in [0.29, 0.717) is 12.3 Å². The maximum atomic E-state index is 10.7. The van der Waals surface area contributed by atoms with E-state index < -0.39 is 5.97 Å². The molecule has 0 bridgehead atoms. The molecule has 1 aromatic carbocycles. The van der Waals surface area contributed by atoms with Crippen LogP contribution in [0.2, 0.25) is 0 Å². The summed E-state index contributed by atoms with van der Waals surface area (Å²) in [4.78, 5) is 13.0. The number of carboxylic acid groups (broad SMARTS) is 1. The van der Waals surface area contributed by atoms with Crippen molar-refractivity contribution in [3.63, 3.8) is 0 Å². The quantitative estimate of drug-likeness (QED) is 0.866. The molecule has 20 heavy (non-hydrogen) atoms. The van der Waals surface area contributed by atoms with E-state index in [4.69, 9.17) is 14.6 Å². The summed E-state index contributed by atoms with van der Waals surface area (Å²) in [6.07, 6.45) is 2.33. The summed E-state index contributed by atoms with van der Waals surface area (Å²) < 4.78 is 10.6. The molecule has 1 aliphatic heterocycles. The van der Waals surface area contributed by atoms with Crippen molar-refractivity contribution in [2.75, 3.05) is 27.3 Å². The zero-order valence-electron chi connectivity index (χ0n) is 12.0. The number of nitrogens with zero attached hydrogens (tertiary/aromatic N) is 1. The van der Waals surface area contributed by atoms with Gasteiger partial charge in [0.2, 0.25) is 0 Å². The van der Waals surface area contributed by atoms with Gasteiger partial charge in [0, 0.05) is 12.6 Å². The topological polar surface area (TPSA) is 59.0 Å². The first kappa shape index (κ1) is 14.7. The average Bonchev–Trinajstić information content (AvgIpc) is 2.92. The molecular weight excluding hydrogens is 258 g/mol. The van der Waals surface area contributed by atoms with Gasteiger partial charge in [0.05, 0.1) is 20.6 Å². The Balaban J connectivity index is 2.15. The number of hydrogen-bond donors (Lipinski definition) is 1. The van der Waals surface area contributed by atoms with Gasteiger partial charge >= 0.3 is 5.97 Å². The van der Waals surface area contributed by atoms with Crippen molar-refractivity contribution in [3.05, 3.63) is 23.8 Å². The molecule has 1 atom stereocenters. The number of benzene rings is 1. The number of carbonyl (C=O) groups is 1. The number of hydrogen-bond acceptors (Lipinski definition) is 4. The minimum atomic E-state index is -0.747. The molecule has 0 radical (unpaired) electrons. The van der Waals surface area contributed by atoms with Gasteiger partial charge in [-0.25, -0.2) is 0 Å². The minimum Gasteiger partial charge on any atom is -0.493 e. The lowest BCUT2D eigenvalue weighted by atomic mass is 10.0. The van der Waals surface area contributed by atoms with E-state index in [9.17, 15) is 4.79 Å². The van der Waals surface area contributed by atoms with Gasteiger partial charge < -0.3 is 14.6 Å². The van der Waals surface area contributed by atoms with E-state index in [-0.39, 0.29) is 12.5 Å². The summed E-state index contributed by atoms with van der Waals surface area (Å²) in [6.45, 7) is 1.54. The van der Waals surface area contributed by atoms with Crippen molar-refractivity contribution in [1.29, 1.82) is 0 Å². The standard InChI is InChI=1S/C15H21NO4/c1-19-13-6-5-11(10-14(13)20-2)12-4-3-8-16(12)9-7-15(17)18/h5-6,10,12H,3-4,7-9H2,1-2H3,(H,17,18)/t12-/m0/s1. The molecule has 1 heterocycles. The normalized spacial score (nSPS) is 19.0. The van der Waals surface area contributed by atoms with Crippen LogP contribution >= 0.6 is 0 Å². The predicted octanol–water partition coefficient (Wildman–Crippen LogP) is 2.32. The van der Waals surface area contributed by atoms with Crippen molar-refractivity contribution in [1.82, 2.24) is 4.90 Å². The van der Waals surface area contributed by atoms with Crippen LogP contribution in [-0.4, -0.2) is 43.3 Å². The van der Waals surface area contributed by atoms with Gasteiger partial charge in [-0.05, 0) is 37.1 Å². The fourth-order valence-electron chi connectivity index (χ4n) is 2.77. The summed E-state index contributed by atoms with van der Waals surface area (Å²) in [7, 11) is 3.24. The van der Waals surface area contributed by atoms with Gasteiger partial charge in [0.25, 0.3) is 0 Å². The number of carboxylic acids is 1. The zero-order valence-corrected chi connectivity index (χ0v) is 12.0. The lowest BCUT2D eigenvalue weighted by Crippen LogP contribution is -2.26. The Bertz CT molecular complexity index is 475. The molecule has 0 aliphatic carbocycles. The third-order valence-corrected chi connectivity index (χ3v) is 3.77. The molecule has 0 unspecified atom stereocenters. The molecule has 0 spiro atoms. The maximum Gasteiger partial charge on any atom is 0.304 e. The third kappa shape index (κ3) is 3.22. The van der Waals surface area contributed by atoms with Gasteiger partial charge in [-0.2, -0.15) is 0 Å². The van der Waals surface area contributed by atoms with Gasteiger partial charge in [-0.15, -0.1) is 0 Å². The van der Waals surface area contributed by atoms with E-state index in [0.717, 1.165) is 30.7 Å². The number of ether oxygens (including phenoxy) is 2. The summed E-state index contributed by atoms with van der Waals surface area (Å²) in [5.74, 6) is 0.685. The molecule has 110 valence electrons. The summed E-state index contributed by atoms with van der Waals surface area (Å²) in [5.41, 5.74) is 1.16. The highest BCUT2D eigenvalue weighted by Crippen LogP contribution is 2.36. The van der Waals surface area contributed by atoms with Crippen LogP contribution in [0.3, 0.4) is 0 Å². The lowest BCUT2D eigenvalue weighted by molar-refractivity contribution is -0.137. The molecule has 2 rings (SSSR count). The number of methoxy groups -OCH3 is 2. The Morgan fingerprint density at radius 3 is 2.75 bits per heavy atom. The number of likely N-dealkylation sites (tertiary alicyclic amines) is 1. The van der Waals surface area contributed by atoms with E-state index >= 15 is 0 Å². The lowest BCUT2D eigenvalue weighted by Gasteiger charge is -2.24.